The first-order valence-corrected chi connectivity index (χ1v) is 6.57. The van der Waals surface area contributed by atoms with Crippen LogP contribution in [-0.4, -0.2) is 21.1 Å². The van der Waals surface area contributed by atoms with Crippen LogP contribution in [0.3, 0.4) is 0 Å². The Morgan fingerprint density at radius 2 is 1.85 bits per heavy atom. The maximum absolute atomic E-state index is 11.2. The predicted molar refractivity (Wildman–Crippen MR) is 43.1 cm³/mol. The number of nitrogens with zero attached hydrogens (tertiary/aromatic N) is 1. The molecule has 68 valence electrons. The summed E-state index contributed by atoms with van der Waals surface area (Å²) < 4.78 is 3.10. The van der Waals surface area contributed by atoms with Gasteiger partial charge in [0.1, 0.15) is 0 Å². The first kappa shape index (κ1) is 8.68. The number of halogens is 1. The van der Waals surface area contributed by atoms with E-state index in [-0.39, 0.29) is 33.0 Å². The van der Waals surface area contributed by atoms with Crippen LogP contribution in [0.15, 0.2) is 34.1 Å². The third kappa shape index (κ3) is 1.58. The molecule has 0 N–H and O–H groups in total. The summed E-state index contributed by atoms with van der Waals surface area (Å²) in [6, 6.07) is 0. The molecule has 0 bridgehead atoms. The summed E-state index contributed by atoms with van der Waals surface area (Å²) in [6.45, 7) is 0. The van der Waals surface area contributed by atoms with E-state index in [0.717, 1.165) is 10.1 Å². The molecule has 0 unspecified atom stereocenters. The minimum absolute atomic E-state index is 0.00511. The monoisotopic (exact) mass is 288 g/mol. The second kappa shape index (κ2) is 3.45. The van der Waals surface area contributed by atoms with Crippen molar-refractivity contribution in [1.82, 2.24) is 4.90 Å². The molecule has 0 aromatic rings. The molecule has 0 saturated heterocycles. The average molecular weight is 288 g/mol. The molecule has 0 spiro atoms. The summed E-state index contributed by atoms with van der Waals surface area (Å²) in [7, 11) is 0. The van der Waals surface area contributed by atoms with Crippen molar-refractivity contribution in [3.05, 3.63) is 34.1 Å². The Bertz CT molecular complexity index is 337. The molecule has 0 aliphatic carbocycles. The van der Waals surface area contributed by atoms with Crippen molar-refractivity contribution >= 4 is 11.8 Å². The fourth-order valence-corrected chi connectivity index (χ4v) is 2.89. The standard InChI is InChI=1S/C9H7INO2/c12-8-3-4-9(13)11(8)7-2-1-5-10-6-7/h1-4,6H,5H2/q-1. The van der Waals surface area contributed by atoms with Crippen molar-refractivity contribution in [2.24, 2.45) is 0 Å². The Labute approximate surface area is 86.0 Å². The Morgan fingerprint density at radius 1 is 1.15 bits per heavy atom. The van der Waals surface area contributed by atoms with Crippen molar-refractivity contribution in [2.75, 3.05) is 4.43 Å². The van der Waals surface area contributed by atoms with E-state index < -0.39 is 0 Å². The zero-order chi connectivity index (χ0) is 9.26. The summed E-state index contributed by atoms with van der Waals surface area (Å²) in [5, 5.41) is 0. The van der Waals surface area contributed by atoms with Crippen molar-refractivity contribution in [2.45, 2.75) is 0 Å². The van der Waals surface area contributed by atoms with E-state index in [9.17, 15) is 9.59 Å². The molecule has 2 heterocycles. The van der Waals surface area contributed by atoms with Crippen LogP contribution in [0, 0.1) is 0 Å². The molecule has 2 aliphatic heterocycles. The molecule has 0 atom stereocenters. The normalized spacial score (nSPS) is 21.8. The molecular formula is C9H7INO2-. The van der Waals surface area contributed by atoms with E-state index in [0.29, 0.717) is 0 Å². The van der Waals surface area contributed by atoms with Crippen LogP contribution in [0.2, 0.25) is 0 Å². The fourth-order valence-electron chi connectivity index (χ4n) is 1.15. The van der Waals surface area contributed by atoms with Crippen LogP contribution in [0.1, 0.15) is 0 Å². The molecule has 2 rings (SSSR count). The van der Waals surface area contributed by atoms with E-state index >= 15 is 0 Å². The number of amides is 2. The van der Waals surface area contributed by atoms with Crippen LogP contribution in [0.4, 0.5) is 0 Å². The third-order valence-electron chi connectivity index (χ3n) is 1.72. The van der Waals surface area contributed by atoms with E-state index in [1.54, 1.807) is 0 Å². The van der Waals surface area contributed by atoms with Gasteiger partial charge >= 0.3 is 86.0 Å². The number of allylic oxidation sites excluding steroid dienone is 2. The Balaban J connectivity index is 2.26. The van der Waals surface area contributed by atoms with Gasteiger partial charge in [-0.25, -0.2) is 0 Å². The van der Waals surface area contributed by atoms with Gasteiger partial charge in [0.05, 0.1) is 0 Å². The van der Waals surface area contributed by atoms with Gasteiger partial charge < -0.3 is 0 Å². The second-order valence-electron chi connectivity index (χ2n) is 2.59. The van der Waals surface area contributed by atoms with Gasteiger partial charge in [-0.1, -0.05) is 0 Å². The van der Waals surface area contributed by atoms with Crippen LogP contribution in [0.25, 0.3) is 0 Å². The molecule has 2 aliphatic rings. The Morgan fingerprint density at radius 3 is 2.38 bits per heavy atom. The molecule has 0 aromatic carbocycles. The third-order valence-corrected chi connectivity index (χ3v) is 3.82. The molecule has 4 heteroatoms. The molecule has 2 amide bonds. The van der Waals surface area contributed by atoms with Gasteiger partial charge in [-0.3, -0.25) is 0 Å². The van der Waals surface area contributed by atoms with Gasteiger partial charge in [0, 0.05) is 0 Å². The zero-order valence-electron chi connectivity index (χ0n) is 6.74. The summed E-state index contributed by atoms with van der Waals surface area (Å²) in [4.78, 5) is 23.7. The summed E-state index contributed by atoms with van der Waals surface area (Å²) in [6.07, 6.45) is 6.47. The van der Waals surface area contributed by atoms with Gasteiger partial charge in [0.2, 0.25) is 0 Å². The first-order chi connectivity index (χ1) is 6.29. The fraction of sp³-hybridized carbons (Fsp3) is 0.111. The minimum atomic E-state index is -0.230. The van der Waals surface area contributed by atoms with E-state index in [4.69, 9.17) is 0 Å². The molecule has 0 radical (unpaired) electrons. The molecule has 0 fully saturated rings. The SMILES string of the molecule is O=C1C=CC(=O)N1C1=C[I-]CC=C1. The Kier molecular flexibility index (Phi) is 2.30. The van der Waals surface area contributed by atoms with Gasteiger partial charge in [0.15, 0.2) is 0 Å². The van der Waals surface area contributed by atoms with Crippen molar-refractivity contribution < 1.29 is 30.8 Å². The second-order valence-corrected chi connectivity index (χ2v) is 4.97. The first-order valence-electron chi connectivity index (χ1n) is 3.79. The zero-order valence-corrected chi connectivity index (χ0v) is 8.89. The van der Waals surface area contributed by atoms with Gasteiger partial charge in [-0.2, -0.15) is 0 Å². The van der Waals surface area contributed by atoms with Crippen LogP contribution in [0.5, 0.6) is 0 Å². The number of carbonyl (C=O) groups excluding carboxylic acids is 2. The Hall–Kier alpha value is -0.910. The molecular weight excluding hydrogens is 281 g/mol. The van der Waals surface area contributed by atoms with Crippen molar-refractivity contribution in [3.8, 4) is 0 Å². The number of rotatable bonds is 1. The number of hydrogen-bond acceptors (Lipinski definition) is 2. The number of hydrogen-bond donors (Lipinski definition) is 0. The van der Waals surface area contributed by atoms with Crippen molar-refractivity contribution in [1.29, 1.82) is 0 Å². The van der Waals surface area contributed by atoms with Gasteiger partial charge in [0.25, 0.3) is 0 Å². The molecule has 0 aromatic heterocycles. The maximum atomic E-state index is 11.2. The molecule has 13 heavy (non-hydrogen) atoms. The van der Waals surface area contributed by atoms with Gasteiger partial charge in [-0.05, 0) is 0 Å². The number of imide groups is 1. The average Bonchev–Trinajstić information content (AvgIpc) is 2.48. The van der Waals surface area contributed by atoms with Crippen LogP contribution < -0.4 is 21.2 Å². The topological polar surface area (TPSA) is 37.4 Å². The summed E-state index contributed by atoms with van der Waals surface area (Å²) in [5.41, 5.74) is 0.749. The molecule has 3 nitrogen and oxygen atoms in total. The molecule has 0 saturated carbocycles. The van der Waals surface area contributed by atoms with E-state index in [1.807, 2.05) is 16.2 Å². The van der Waals surface area contributed by atoms with Crippen LogP contribution in [-0.2, 0) is 9.59 Å². The quantitative estimate of drug-likeness (QED) is 0.302. The van der Waals surface area contributed by atoms with E-state index in [2.05, 4.69) is 0 Å². The number of alkyl halides is 1. The number of carbonyl (C=O) groups is 2. The van der Waals surface area contributed by atoms with Crippen molar-refractivity contribution in [3.63, 3.8) is 0 Å². The van der Waals surface area contributed by atoms with Crippen LogP contribution >= 0.6 is 0 Å². The summed E-state index contributed by atoms with van der Waals surface area (Å²) in [5.74, 6) is -0.460. The summed E-state index contributed by atoms with van der Waals surface area (Å²) >= 11 is -0.00511. The predicted octanol–water partition coefficient (Wildman–Crippen LogP) is -2.59. The van der Waals surface area contributed by atoms with E-state index in [1.165, 1.54) is 17.1 Å². The van der Waals surface area contributed by atoms with Gasteiger partial charge in [-0.15, -0.1) is 0 Å².